The smallest absolute Gasteiger partial charge is 0.145 e. The molecule has 0 spiro atoms. The quantitative estimate of drug-likeness (QED) is 0.654. The van der Waals surface area contributed by atoms with Gasteiger partial charge < -0.3 is 4.74 Å². The molecule has 0 amide bonds. The second-order valence-corrected chi connectivity index (χ2v) is 5.25. The van der Waals surface area contributed by atoms with Gasteiger partial charge in [-0.15, -0.1) is 0 Å². The number of aryl methyl sites for hydroxylation is 2. The monoisotopic (exact) mass is 293 g/mol. The highest BCUT2D eigenvalue weighted by Crippen LogP contribution is 2.29. The minimum Gasteiger partial charge on any atom is -0.456 e. The molecule has 0 N–H and O–H groups in total. The van der Waals surface area contributed by atoms with Crippen molar-refractivity contribution in [3.63, 3.8) is 0 Å². The van der Waals surface area contributed by atoms with Crippen LogP contribution in [0, 0.1) is 19.7 Å². The molecule has 0 aliphatic rings. The topological polar surface area (TPSA) is 22.1 Å². The zero-order valence-electron chi connectivity index (χ0n) is 12.5. The molecule has 0 aliphatic heterocycles. The summed E-state index contributed by atoms with van der Waals surface area (Å²) in [6.45, 7) is 3.92. The Hall–Kier alpha value is -2.68. The summed E-state index contributed by atoms with van der Waals surface area (Å²) in [5, 5.41) is 0. The molecule has 0 radical (unpaired) electrons. The number of rotatable bonds is 3. The van der Waals surface area contributed by atoms with E-state index in [9.17, 15) is 4.39 Å². The number of hydrogen-bond acceptors (Lipinski definition) is 2. The molecule has 0 atom stereocenters. The average molecular weight is 293 g/mol. The van der Waals surface area contributed by atoms with E-state index in [0.717, 1.165) is 16.8 Å². The van der Waals surface area contributed by atoms with Gasteiger partial charge >= 0.3 is 0 Å². The zero-order chi connectivity index (χ0) is 15.5. The summed E-state index contributed by atoms with van der Waals surface area (Å²) in [5.74, 6) is 0.952. The van der Waals surface area contributed by atoms with Gasteiger partial charge in [0.05, 0.1) is 6.20 Å². The summed E-state index contributed by atoms with van der Waals surface area (Å²) in [4.78, 5) is 4.18. The number of pyridine rings is 1. The zero-order valence-corrected chi connectivity index (χ0v) is 12.5. The van der Waals surface area contributed by atoms with E-state index in [4.69, 9.17) is 4.74 Å². The molecule has 0 aliphatic carbocycles. The van der Waals surface area contributed by atoms with Gasteiger partial charge in [0.15, 0.2) is 0 Å². The molecule has 0 saturated heterocycles. The summed E-state index contributed by atoms with van der Waals surface area (Å²) in [6, 6.07) is 16.2. The summed E-state index contributed by atoms with van der Waals surface area (Å²) in [7, 11) is 0. The number of aromatic nitrogens is 1. The van der Waals surface area contributed by atoms with Gasteiger partial charge in [-0.2, -0.15) is 0 Å². The Morgan fingerprint density at radius 3 is 2.27 bits per heavy atom. The van der Waals surface area contributed by atoms with Crippen molar-refractivity contribution in [2.45, 2.75) is 13.8 Å². The highest BCUT2D eigenvalue weighted by Gasteiger charge is 2.08. The van der Waals surface area contributed by atoms with Gasteiger partial charge in [0.1, 0.15) is 17.3 Å². The number of nitrogens with zero attached hydrogens (tertiary/aromatic N) is 1. The van der Waals surface area contributed by atoms with E-state index in [1.54, 1.807) is 18.3 Å². The van der Waals surface area contributed by atoms with E-state index >= 15 is 0 Å². The Morgan fingerprint density at radius 1 is 0.864 bits per heavy atom. The number of benzene rings is 2. The van der Waals surface area contributed by atoms with Gasteiger partial charge in [-0.3, -0.25) is 4.98 Å². The van der Waals surface area contributed by atoms with E-state index in [1.807, 2.05) is 50.2 Å². The predicted molar refractivity (Wildman–Crippen MR) is 85.6 cm³/mol. The normalized spacial score (nSPS) is 10.5. The van der Waals surface area contributed by atoms with E-state index in [-0.39, 0.29) is 5.82 Å². The minimum atomic E-state index is -0.266. The molecule has 22 heavy (non-hydrogen) atoms. The molecule has 1 aromatic heterocycles. The lowest BCUT2D eigenvalue weighted by molar-refractivity contribution is 0.478. The highest BCUT2D eigenvalue weighted by atomic mass is 19.1. The maximum atomic E-state index is 14.1. The molecular weight excluding hydrogens is 277 g/mol. The summed E-state index contributed by atoms with van der Waals surface area (Å²) in [5.41, 5.74) is 3.42. The Bertz CT molecular complexity index is 780. The van der Waals surface area contributed by atoms with Crippen molar-refractivity contribution in [3.8, 4) is 22.6 Å². The first-order chi connectivity index (χ1) is 10.6. The van der Waals surface area contributed by atoms with Gasteiger partial charge in [0.2, 0.25) is 0 Å². The van der Waals surface area contributed by atoms with Crippen molar-refractivity contribution in [3.05, 3.63) is 77.9 Å². The molecule has 2 aromatic carbocycles. The van der Waals surface area contributed by atoms with Crippen LogP contribution in [-0.4, -0.2) is 4.98 Å². The third-order valence-corrected chi connectivity index (χ3v) is 3.42. The van der Waals surface area contributed by atoms with Crippen molar-refractivity contribution in [1.82, 2.24) is 4.98 Å². The van der Waals surface area contributed by atoms with Crippen molar-refractivity contribution in [1.29, 1.82) is 0 Å². The summed E-state index contributed by atoms with van der Waals surface area (Å²) in [6.07, 6.45) is 1.66. The molecule has 1 heterocycles. The van der Waals surface area contributed by atoms with Crippen LogP contribution in [0.2, 0.25) is 0 Å². The van der Waals surface area contributed by atoms with E-state index in [2.05, 4.69) is 4.98 Å². The van der Waals surface area contributed by atoms with E-state index in [0.29, 0.717) is 17.1 Å². The van der Waals surface area contributed by atoms with Gasteiger partial charge in [-0.25, -0.2) is 4.39 Å². The number of halogens is 1. The van der Waals surface area contributed by atoms with Gasteiger partial charge in [0, 0.05) is 11.3 Å². The standard InChI is InChI=1S/C19H16FNO/c1-13-3-6-15(7-4-13)18-11-16(9-10-19(18)20)22-17-8-5-14(2)21-12-17/h3-12H,1-2H3. The fraction of sp³-hybridized carbons (Fsp3) is 0.105. The van der Waals surface area contributed by atoms with Crippen LogP contribution >= 0.6 is 0 Å². The fourth-order valence-corrected chi connectivity index (χ4v) is 2.17. The fourth-order valence-electron chi connectivity index (χ4n) is 2.17. The van der Waals surface area contributed by atoms with Gasteiger partial charge in [0.25, 0.3) is 0 Å². The second kappa shape index (κ2) is 5.98. The number of hydrogen-bond donors (Lipinski definition) is 0. The maximum Gasteiger partial charge on any atom is 0.145 e. The summed E-state index contributed by atoms with van der Waals surface area (Å²) >= 11 is 0. The average Bonchev–Trinajstić information content (AvgIpc) is 2.52. The van der Waals surface area contributed by atoms with Crippen molar-refractivity contribution in [2.75, 3.05) is 0 Å². The molecule has 0 unspecified atom stereocenters. The van der Waals surface area contributed by atoms with E-state index in [1.165, 1.54) is 6.07 Å². The Labute approximate surface area is 129 Å². The third kappa shape index (κ3) is 3.14. The Balaban J connectivity index is 1.92. The minimum absolute atomic E-state index is 0.266. The lowest BCUT2D eigenvalue weighted by Crippen LogP contribution is -1.90. The number of ether oxygens (including phenoxy) is 1. The van der Waals surface area contributed by atoms with Crippen LogP contribution in [0.4, 0.5) is 4.39 Å². The van der Waals surface area contributed by atoms with E-state index < -0.39 is 0 Å². The molecule has 3 heteroatoms. The SMILES string of the molecule is Cc1ccc(-c2cc(Oc3ccc(C)nc3)ccc2F)cc1. The Kier molecular flexibility index (Phi) is 3.88. The lowest BCUT2D eigenvalue weighted by Gasteiger charge is -2.09. The van der Waals surface area contributed by atoms with Crippen LogP contribution in [0.3, 0.4) is 0 Å². The third-order valence-electron chi connectivity index (χ3n) is 3.42. The van der Waals surface area contributed by atoms with Crippen LogP contribution in [-0.2, 0) is 0 Å². The largest absolute Gasteiger partial charge is 0.456 e. The van der Waals surface area contributed by atoms with Crippen LogP contribution in [0.25, 0.3) is 11.1 Å². The molecule has 3 aromatic rings. The van der Waals surface area contributed by atoms with Crippen LogP contribution in [0.5, 0.6) is 11.5 Å². The molecular formula is C19H16FNO. The highest BCUT2D eigenvalue weighted by molar-refractivity contribution is 5.66. The van der Waals surface area contributed by atoms with Crippen LogP contribution < -0.4 is 4.74 Å². The molecule has 3 rings (SSSR count). The van der Waals surface area contributed by atoms with Gasteiger partial charge in [-0.05, 0) is 49.7 Å². The van der Waals surface area contributed by atoms with Gasteiger partial charge in [-0.1, -0.05) is 29.8 Å². The first-order valence-electron chi connectivity index (χ1n) is 7.09. The molecule has 0 saturated carbocycles. The molecule has 110 valence electrons. The van der Waals surface area contributed by atoms with Crippen molar-refractivity contribution >= 4 is 0 Å². The maximum absolute atomic E-state index is 14.1. The van der Waals surface area contributed by atoms with Crippen LogP contribution in [0.1, 0.15) is 11.3 Å². The molecule has 0 bridgehead atoms. The first-order valence-corrected chi connectivity index (χ1v) is 7.09. The second-order valence-electron chi connectivity index (χ2n) is 5.25. The summed E-state index contributed by atoms with van der Waals surface area (Å²) < 4.78 is 19.8. The Morgan fingerprint density at radius 2 is 1.59 bits per heavy atom. The molecule has 2 nitrogen and oxygen atoms in total. The van der Waals surface area contributed by atoms with Crippen molar-refractivity contribution in [2.24, 2.45) is 0 Å². The molecule has 0 fully saturated rings. The lowest BCUT2D eigenvalue weighted by atomic mass is 10.0. The first kappa shape index (κ1) is 14.3. The van der Waals surface area contributed by atoms with Crippen LogP contribution in [0.15, 0.2) is 60.8 Å². The predicted octanol–water partition coefficient (Wildman–Crippen LogP) is 5.30. The van der Waals surface area contributed by atoms with Crippen molar-refractivity contribution < 1.29 is 9.13 Å².